The van der Waals surface area contributed by atoms with Crippen LogP contribution in [0.5, 0.6) is 0 Å². The average molecular weight is 266 g/mol. The van der Waals surface area contributed by atoms with Gasteiger partial charge in [-0.25, -0.2) is 0 Å². The van der Waals surface area contributed by atoms with E-state index in [0.717, 1.165) is 5.56 Å². The van der Waals surface area contributed by atoms with Crippen LogP contribution in [0.2, 0.25) is 0 Å². The second-order valence-electron chi connectivity index (χ2n) is 3.85. The Morgan fingerprint density at radius 3 is 3.11 bits per heavy atom. The fraction of sp³-hybridized carbons (Fsp3) is 0.273. The van der Waals surface area contributed by atoms with Gasteiger partial charge in [-0.05, 0) is 22.4 Å². The van der Waals surface area contributed by atoms with Gasteiger partial charge < -0.3 is 16.2 Å². The molecule has 1 atom stereocenters. The van der Waals surface area contributed by atoms with E-state index in [1.807, 2.05) is 16.8 Å². The average Bonchev–Trinajstić information content (AvgIpc) is 2.97. The minimum atomic E-state index is -0.678. The Labute approximate surface area is 108 Å². The van der Waals surface area contributed by atoms with Gasteiger partial charge in [0.05, 0.1) is 18.0 Å². The summed E-state index contributed by atoms with van der Waals surface area (Å²) in [4.78, 5) is 11.6. The van der Waals surface area contributed by atoms with Crippen LogP contribution in [0.3, 0.4) is 0 Å². The first-order chi connectivity index (χ1) is 8.65. The van der Waals surface area contributed by atoms with E-state index in [1.165, 1.54) is 22.2 Å². The summed E-state index contributed by atoms with van der Waals surface area (Å²) in [6.45, 7) is 0.278. The topological polar surface area (TPSA) is 93.2 Å². The Balaban J connectivity index is 1.78. The number of hydrogen-bond acceptors (Lipinski definition) is 5. The number of rotatable bonds is 5. The molecule has 4 N–H and O–H groups in total. The van der Waals surface area contributed by atoms with Gasteiger partial charge in [0.2, 0.25) is 5.91 Å². The SMILES string of the molecule is Nc1cnn(CC(=O)NCC(O)c2ccsc2)c1. The van der Waals surface area contributed by atoms with Gasteiger partial charge in [-0.15, -0.1) is 0 Å². The molecule has 0 saturated heterocycles. The number of carbonyl (C=O) groups is 1. The Hall–Kier alpha value is -1.86. The standard InChI is InChI=1S/C11H14N4O2S/c12-9-3-14-15(5-9)6-11(17)13-4-10(16)8-1-2-18-7-8/h1-3,5,7,10,16H,4,6,12H2,(H,13,17). The van der Waals surface area contributed by atoms with E-state index in [4.69, 9.17) is 5.73 Å². The zero-order valence-electron chi connectivity index (χ0n) is 9.61. The lowest BCUT2D eigenvalue weighted by Gasteiger charge is -2.10. The van der Waals surface area contributed by atoms with Crippen LogP contribution in [0.1, 0.15) is 11.7 Å². The summed E-state index contributed by atoms with van der Waals surface area (Å²) in [7, 11) is 0. The second-order valence-corrected chi connectivity index (χ2v) is 4.63. The number of anilines is 1. The van der Waals surface area contributed by atoms with Gasteiger partial charge >= 0.3 is 0 Å². The first kappa shape index (κ1) is 12.6. The summed E-state index contributed by atoms with van der Waals surface area (Å²) < 4.78 is 1.45. The van der Waals surface area contributed by atoms with Crippen LogP contribution >= 0.6 is 11.3 Å². The predicted molar refractivity (Wildman–Crippen MR) is 68.9 cm³/mol. The van der Waals surface area contributed by atoms with Gasteiger partial charge in [-0.1, -0.05) is 0 Å². The van der Waals surface area contributed by atoms with Crippen molar-refractivity contribution < 1.29 is 9.90 Å². The number of nitrogens with two attached hydrogens (primary N) is 1. The van der Waals surface area contributed by atoms with E-state index < -0.39 is 6.10 Å². The number of thiophene rings is 1. The second kappa shape index (κ2) is 5.65. The molecule has 0 aromatic carbocycles. The maximum Gasteiger partial charge on any atom is 0.241 e. The van der Waals surface area contributed by atoms with Crippen molar-refractivity contribution in [1.29, 1.82) is 0 Å². The summed E-state index contributed by atoms with van der Waals surface area (Å²) in [5.41, 5.74) is 6.81. The first-order valence-electron chi connectivity index (χ1n) is 5.40. The summed E-state index contributed by atoms with van der Waals surface area (Å²) in [6.07, 6.45) is 2.38. The van der Waals surface area contributed by atoms with Crippen LogP contribution in [-0.4, -0.2) is 27.3 Å². The molecular weight excluding hydrogens is 252 g/mol. The van der Waals surface area contributed by atoms with Crippen LogP contribution < -0.4 is 11.1 Å². The van der Waals surface area contributed by atoms with Crippen molar-refractivity contribution in [3.8, 4) is 0 Å². The van der Waals surface area contributed by atoms with Crippen LogP contribution in [-0.2, 0) is 11.3 Å². The number of amides is 1. The molecule has 7 heteroatoms. The quantitative estimate of drug-likeness (QED) is 0.729. The number of aromatic nitrogens is 2. The van der Waals surface area contributed by atoms with Crippen molar-refractivity contribution in [2.45, 2.75) is 12.6 Å². The molecule has 1 unspecified atom stereocenters. The molecule has 0 radical (unpaired) electrons. The Bertz CT molecular complexity index is 509. The lowest BCUT2D eigenvalue weighted by atomic mass is 10.2. The van der Waals surface area contributed by atoms with Gasteiger partial charge in [0.15, 0.2) is 0 Å². The van der Waals surface area contributed by atoms with Gasteiger partial charge in [0.1, 0.15) is 6.54 Å². The number of aliphatic hydroxyl groups excluding tert-OH is 1. The number of carbonyl (C=O) groups excluding carboxylic acids is 1. The molecule has 0 aliphatic heterocycles. The molecule has 1 amide bonds. The van der Waals surface area contributed by atoms with Crippen molar-refractivity contribution in [2.24, 2.45) is 0 Å². The molecule has 0 spiro atoms. The zero-order chi connectivity index (χ0) is 13.0. The van der Waals surface area contributed by atoms with Crippen LogP contribution in [0.25, 0.3) is 0 Å². The van der Waals surface area contributed by atoms with E-state index in [2.05, 4.69) is 10.4 Å². The molecule has 18 heavy (non-hydrogen) atoms. The Kier molecular flexibility index (Phi) is 3.96. The molecule has 0 aliphatic carbocycles. The molecule has 96 valence electrons. The van der Waals surface area contributed by atoms with Crippen molar-refractivity contribution in [1.82, 2.24) is 15.1 Å². The number of nitrogens with one attached hydrogen (secondary N) is 1. The number of aliphatic hydroxyl groups is 1. The van der Waals surface area contributed by atoms with E-state index in [-0.39, 0.29) is 19.0 Å². The molecular formula is C11H14N4O2S. The van der Waals surface area contributed by atoms with Crippen LogP contribution in [0.4, 0.5) is 5.69 Å². The molecule has 0 aliphatic rings. The Morgan fingerprint density at radius 2 is 2.50 bits per heavy atom. The molecule has 2 aromatic heterocycles. The smallest absolute Gasteiger partial charge is 0.241 e. The lowest BCUT2D eigenvalue weighted by molar-refractivity contribution is -0.122. The van der Waals surface area contributed by atoms with Crippen LogP contribution in [0, 0.1) is 0 Å². The molecule has 2 aromatic rings. The largest absolute Gasteiger partial charge is 0.396 e. The van der Waals surface area contributed by atoms with Gasteiger partial charge in [0, 0.05) is 12.7 Å². The fourth-order valence-electron chi connectivity index (χ4n) is 1.46. The summed E-state index contributed by atoms with van der Waals surface area (Å²) in [5.74, 6) is -0.215. The molecule has 0 fully saturated rings. The number of hydrogen-bond donors (Lipinski definition) is 3. The van der Waals surface area contributed by atoms with Crippen molar-refractivity contribution in [3.63, 3.8) is 0 Å². The molecule has 0 bridgehead atoms. The van der Waals surface area contributed by atoms with Gasteiger partial charge in [-0.3, -0.25) is 9.48 Å². The predicted octanol–water partition coefficient (Wildman–Crippen LogP) is 0.377. The highest BCUT2D eigenvalue weighted by Crippen LogP contribution is 2.14. The Morgan fingerprint density at radius 1 is 1.67 bits per heavy atom. The van der Waals surface area contributed by atoms with Crippen molar-refractivity contribution in [3.05, 3.63) is 34.8 Å². The van der Waals surface area contributed by atoms with E-state index >= 15 is 0 Å². The zero-order valence-corrected chi connectivity index (χ0v) is 10.4. The van der Waals surface area contributed by atoms with Crippen molar-refractivity contribution in [2.75, 3.05) is 12.3 Å². The third-order valence-corrected chi connectivity index (χ3v) is 3.08. The molecule has 2 heterocycles. The third-order valence-electron chi connectivity index (χ3n) is 2.38. The first-order valence-corrected chi connectivity index (χ1v) is 6.34. The molecule has 6 nitrogen and oxygen atoms in total. The monoisotopic (exact) mass is 266 g/mol. The van der Waals surface area contributed by atoms with E-state index in [0.29, 0.717) is 5.69 Å². The maximum absolute atomic E-state index is 11.6. The third kappa shape index (κ3) is 3.31. The number of nitrogens with zero attached hydrogens (tertiary/aromatic N) is 2. The minimum Gasteiger partial charge on any atom is -0.396 e. The fourth-order valence-corrected chi connectivity index (χ4v) is 2.17. The van der Waals surface area contributed by atoms with E-state index in [9.17, 15) is 9.90 Å². The van der Waals surface area contributed by atoms with Crippen LogP contribution in [0.15, 0.2) is 29.2 Å². The lowest BCUT2D eigenvalue weighted by Crippen LogP contribution is -2.31. The minimum absolute atomic E-state index is 0.0908. The van der Waals surface area contributed by atoms with Gasteiger partial charge in [0.25, 0.3) is 0 Å². The maximum atomic E-state index is 11.6. The molecule has 0 saturated carbocycles. The summed E-state index contributed by atoms with van der Waals surface area (Å²) in [5, 5.41) is 20.1. The van der Waals surface area contributed by atoms with Crippen molar-refractivity contribution >= 4 is 22.9 Å². The highest BCUT2D eigenvalue weighted by atomic mass is 32.1. The summed E-state index contributed by atoms with van der Waals surface area (Å²) in [6, 6.07) is 1.83. The van der Waals surface area contributed by atoms with E-state index in [1.54, 1.807) is 6.20 Å². The highest BCUT2D eigenvalue weighted by molar-refractivity contribution is 7.07. The highest BCUT2D eigenvalue weighted by Gasteiger charge is 2.10. The summed E-state index contributed by atoms with van der Waals surface area (Å²) >= 11 is 1.51. The van der Waals surface area contributed by atoms with Gasteiger partial charge in [-0.2, -0.15) is 16.4 Å². The molecule has 2 rings (SSSR count). The number of nitrogen functional groups attached to an aromatic ring is 1. The normalized spacial score (nSPS) is 12.3.